The summed E-state index contributed by atoms with van der Waals surface area (Å²) >= 11 is 0. The van der Waals surface area contributed by atoms with Crippen LogP contribution in [0.5, 0.6) is 11.5 Å². The number of ether oxygens (including phenoxy) is 2. The highest BCUT2D eigenvalue weighted by molar-refractivity contribution is 7.92. The minimum Gasteiger partial charge on any atom is -0.487 e. The Morgan fingerprint density at radius 3 is 2.45 bits per heavy atom. The number of hydrogen-bond acceptors (Lipinski definition) is 5. The van der Waals surface area contributed by atoms with Gasteiger partial charge >= 0.3 is 0 Å². The van der Waals surface area contributed by atoms with Crippen LogP contribution in [0.1, 0.15) is 57.1 Å². The lowest BCUT2D eigenvalue weighted by Gasteiger charge is -2.44. The van der Waals surface area contributed by atoms with E-state index in [1.807, 2.05) is 24.3 Å². The Bertz CT molecular complexity index is 1090. The zero-order chi connectivity index (χ0) is 23.6. The fourth-order valence-electron chi connectivity index (χ4n) is 4.72. The number of nitrogens with one attached hydrogen (secondary N) is 1. The summed E-state index contributed by atoms with van der Waals surface area (Å²) in [5.41, 5.74) is 1.32. The molecule has 1 heterocycles. The first-order valence-electron chi connectivity index (χ1n) is 11.5. The van der Waals surface area contributed by atoms with E-state index < -0.39 is 16.1 Å². The Kier molecular flexibility index (Phi) is 6.56. The molecule has 1 aliphatic heterocycles. The van der Waals surface area contributed by atoms with Crippen molar-refractivity contribution in [1.29, 1.82) is 0 Å². The van der Waals surface area contributed by atoms with Gasteiger partial charge in [-0.1, -0.05) is 24.6 Å². The molecule has 4 rings (SSSR count). The minimum absolute atomic E-state index is 0.127. The molecule has 2 aromatic rings. The van der Waals surface area contributed by atoms with Crippen molar-refractivity contribution in [2.45, 2.75) is 63.2 Å². The SMILES string of the molecule is C[C@H](Oc1ccc(N(C)S(C)(=O)=O)cc1)C(=O)N[C@@H]1CC2(CCCCC2)Oc2ccccc21. The summed E-state index contributed by atoms with van der Waals surface area (Å²) in [6.07, 6.45) is 6.74. The maximum atomic E-state index is 13.0. The lowest BCUT2D eigenvalue weighted by Crippen LogP contribution is -2.48. The number of hydrogen-bond donors (Lipinski definition) is 1. The standard InChI is InChI=1S/C25H32N2O5S/c1-18(31-20-13-11-19(12-14-20)27(2)33(3,29)30)24(28)26-22-17-25(15-7-4-8-16-25)32-23-10-6-5-9-21(22)23/h5-6,9-14,18,22H,4,7-8,15-17H2,1-3H3,(H,26,28)/t18-,22+/m0/s1. The molecule has 7 nitrogen and oxygen atoms in total. The zero-order valence-electron chi connectivity index (χ0n) is 19.4. The summed E-state index contributed by atoms with van der Waals surface area (Å²) < 4.78 is 36.9. The summed E-state index contributed by atoms with van der Waals surface area (Å²) in [5, 5.41) is 3.18. The van der Waals surface area contributed by atoms with E-state index in [9.17, 15) is 13.2 Å². The van der Waals surface area contributed by atoms with Crippen molar-refractivity contribution >= 4 is 21.6 Å². The first-order valence-corrected chi connectivity index (χ1v) is 13.3. The first-order chi connectivity index (χ1) is 15.7. The third kappa shape index (κ3) is 5.27. The molecule has 178 valence electrons. The molecule has 2 aromatic carbocycles. The second kappa shape index (κ2) is 9.25. The third-order valence-corrected chi connectivity index (χ3v) is 7.86. The van der Waals surface area contributed by atoms with Crippen LogP contribution >= 0.6 is 0 Å². The Balaban J connectivity index is 1.44. The molecule has 1 saturated carbocycles. The quantitative estimate of drug-likeness (QED) is 0.681. The van der Waals surface area contributed by atoms with Crippen molar-refractivity contribution in [3.63, 3.8) is 0 Å². The number of carbonyl (C=O) groups excluding carboxylic acids is 1. The van der Waals surface area contributed by atoms with Gasteiger partial charge in [-0.2, -0.15) is 0 Å². The molecule has 2 aliphatic rings. The number of anilines is 1. The van der Waals surface area contributed by atoms with Gasteiger partial charge < -0.3 is 14.8 Å². The van der Waals surface area contributed by atoms with Crippen LogP contribution in [0.3, 0.4) is 0 Å². The second-order valence-corrected chi connectivity index (χ2v) is 11.1. The molecule has 0 unspecified atom stereocenters. The summed E-state index contributed by atoms with van der Waals surface area (Å²) in [6.45, 7) is 1.72. The second-order valence-electron chi connectivity index (χ2n) is 9.13. The number of carbonyl (C=O) groups is 1. The Labute approximate surface area is 196 Å². The van der Waals surface area contributed by atoms with E-state index in [-0.39, 0.29) is 17.6 Å². The summed E-state index contributed by atoms with van der Waals surface area (Å²) in [5.74, 6) is 1.16. The predicted octanol–water partition coefficient (Wildman–Crippen LogP) is 4.19. The van der Waals surface area contributed by atoms with E-state index in [4.69, 9.17) is 9.47 Å². The number of benzene rings is 2. The average molecular weight is 473 g/mol. The van der Waals surface area contributed by atoms with Crippen molar-refractivity contribution in [2.24, 2.45) is 0 Å². The van der Waals surface area contributed by atoms with Gasteiger partial charge in [0.15, 0.2) is 6.10 Å². The maximum Gasteiger partial charge on any atom is 0.261 e. The molecular weight excluding hydrogens is 440 g/mol. The number of rotatable bonds is 6. The molecule has 1 aliphatic carbocycles. The van der Waals surface area contributed by atoms with Gasteiger partial charge in [-0.3, -0.25) is 9.10 Å². The highest BCUT2D eigenvalue weighted by Crippen LogP contribution is 2.46. The smallest absolute Gasteiger partial charge is 0.261 e. The molecule has 1 spiro atoms. The van der Waals surface area contributed by atoms with Crippen LogP contribution in [0, 0.1) is 0 Å². The van der Waals surface area contributed by atoms with Gasteiger partial charge in [-0.05, 0) is 62.9 Å². The van der Waals surface area contributed by atoms with Crippen LogP contribution in [0.25, 0.3) is 0 Å². The molecule has 1 N–H and O–H groups in total. The van der Waals surface area contributed by atoms with E-state index in [0.29, 0.717) is 11.4 Å². The third-order valence-electron chi connectivity index (χ3n) is 6.66. The molecule has 33 heavy (non-hydrogen) atoms. The molecule has 0 bridgehead atoms. The van der Waals surface area contributed by atoms with Crippen molar-refractivity contribution in [1.82, 2.24) is 5.32 Å². The summed E-state index contributed by atoms with van der Waals surface area (Å²) in [4.78, 5) is 13.0. The maximum absolute atomic E-state index is 13.0. The number of nitrogens with zero attached hydrogens (tertiary/aromatic N) is 1. The molecule has 0 aromatic heterocycles. The van der Waals surface area contributed by atoms with Crippen molar-refractivity contribution in [3.8, 4) is 11.5 Å². The van der Waals surface area contributed by atoms with Crippen LogP contribution in [0.4, 0.5) is 5.69 Å². The normalized spacial score (nSPS) is 20.3. The Morgan fingerprint density at radius 2 is 1.79 bits per heavy atom. The highest BCUT2D eigenvalue weighted by Gasteiger charge is 2.42. The first kappa shape index (κ1) is 23.4. The molecular formula is C25H32N2O5S. The van der Waals surface area contributed by atoms with Gasteiger partial charge in [-0.25, -0.2) is 8.42 Å². The van der Waals surface area contributed by atoms with Gasteiger partial charge in [0.1, 0.15) is 17.1 Å². The van der Waals surface area contributed by atoms with E-state index in [1.165, 1.54) is 17.8 Å². The van der Waals surface area contributed by atoms with E-state index in [2.05, 4.69) is 5.32 Å². The van der Waals surface area contributed by atoms with Crippen molar-refractivity contribution < 1.29 is 22.7 Å². The van der Waals surface area contributed by atoms with Crippen LogP contribution in [0.2, 0.25) is 0 Å². The fraction of sp³-hybridized carbons (Fsp3) is 0.480. The largest absolute Gasteiger partial charge is 0.487 e. The van der Waals surface area contributed by atoms with E-state index in [0.717, 1.165) is 49.7 Å². The van der Waals surface area contributed by atoms with Crippen LogP contribution in [-0.2, 0) is 14.8 Å². The molecule has 2 atom stereocenters. The van der Waals surface area contributed by atoms with Gasteiger partial charge in [0, 0.05) is 19.0 Å². The van der Waals surface area contributed by atoms with Crippen molar-refractivity contribution in [2.75, 3.05) is 17.6 Å². The number of para-hydroxylation sites is 1. The number of sulfonamides is 1. The van der Waals surface area contributed by atoms with Crippen molar-refractivity contribution in [3.05, 3.63) is 54.1 Å². The topological polar surface area (TPSA) is 84.9 Å². The average Bonchev–Trinajstić information content (AvgIpc) is 2.79. The number of fused-ring (bicyclic) bond motifs is 1. The van der Waals surface area contributed by atoms with Gasteiger partial charge in [0.05, 0.1) is 18.0 Å². The lowest BCUT2D eigenvalue weighted by atomic mass is 9.77. The number of amides is 1. The lowest BCUT2D eigenvalue weighted by molar-refractivity contribution is -0.128. The highest BCUT2D eigenvalue weighted by atomic mass is 32.2. The molecule has 1 amide bonds. The van der Waals surface area contributed by atoms with Crippen LogP contribution < -0.4 is 19.1 Å². The van der Waals surface area contributed by atoms with Gasteiger partial charge in [-0.15, -0.1) is 0 Å². The molecule has 8 heteroatoms. The molecule has 1 fully saturated rings. The van der Waals surface area contributed by atoms with Crippen LogP contribution in [-0.4, -0.2) is 39.3 Å². The van der Waals surface area contributed by atoms with Gasteiger partial charge in [0.2, 0.25) is 10.0 Å². The zero-order valence-corrected chi connectivity index (χ0v) is 20.2. The molecule has 0 saturated heterocycles. The van der Waals surface area contributed by atoms with Gasteiger partial charge in [0.25, 0.3) is 5.91 Å². The predicted molar refractivity (Wildman–Crippen MR) is 128 cm³/mol. The van der Waals surface area contributed by atoms with Crippen LogP contribution in [0.15, 0.2) is 48.5 Å². The van der Waals surface area contributed by atoms with E-state index >= 15 is 0 Å². The monoisotopic (exact) mass is 472 g/mol. The Hall–Kier alpha value is -2.74. The summed E-state index contributed by atoms with van der Waals surface area (Å²) in [7, 11) is -1.85. The Morgan fingerprint density at radius 1 is 1.12 bits per heavy atom. The summed E-state index contributed by atoms with van der Waals surface area (Å²) in [6, 6.07) is 14.5. The van der Waals surface area contributed by atoms with E-state index in [1.54, 1.807) is 31.2 Å². The molecule has 0 radical (unpaired) electrons. The fourth-order valence-corrected chi connectivity index (χ4v) is 5.23. The minimum atomic E-state index is -3.34.